The smallest absolute Gasteiger partial charge is 0.410 e. The van der Waals surface area contributed by atoms with Gasteiger partial charge in [0.2, 0.25) is 11.8 Å². The second kappa shape index (κ2) is 13.7. The number of ether oxygens (including phenoxy) is 3. The molecule has 2 atom stereocenters. The molecule has 2 aromatic rings. The second-order valence-corrected chi connectivity index (χ2v) is 15.4. The number of nitrogens with zero attached hydrogens (tertiary/aromatic N) is 3. The van der Waals surface area contributed by atoms with Crippen molar-refractivity contribution in [2.75, 3.05) is 43.2 Å². The monoisotopic (exact) mass is 674 g/mol. The molecule has 2 aliphatic carbocycles. The summed E-state index contributed by atoms with van der Waals surface area (Å²) in [4.78, 5) is 60.4. The molecule has 0 aromatic heterocycles. The molecule has 0 spiro atoms. The van der Waals surface area contributed by atoms with Gasteiger partial charge in [-0.15, -0.1) is 0 Å². The number of piperidine rings is 1. The lowest BCUT2D eigenvalue weighted by Gasteiger charge is -2.40. The topological polar surface area (TPSA) is 118 Å². The van der Waals surface area contributed by atoms with Gasteiger partial charge in [-0.1, -0.05) is 24.3 Å². The number of nitrogens with one attached hydrogen (secondary N) is 1. The third-order valence-electron chi connectivity index (χ3n) is 9.74. The first kappa shape index (κ1) is 34.7. The molecule has 11 nitrogen and oxygen atoms in total. The van der Waals surface area contributed by atoms with Crippen LogP contribution in [0.4, 0.5) is 16.2 Å². The number of hydrogen-bond donors (Lipinski definition) is 1. The summed E-state index contributed by atoms with van der Waals surface area (Å²) in [6.45, 7) is 10.2. The third-order valence-corrected chi connectivity index (χ3v) is 9.74. The van der Waals surface area contributed by atoms with Crippen LogP contribution in [0.15, 0.2) is 42.5 Å². The number of methoxy groups -OCH3 is 1. The summed E-state index contributed by atoms with van der Waals surface area (Å²) in [5.74, 6) is -1.07. The molecule has 0 radical (unpaired) electrons. The van der Waals surface area contributed by atoms with E-state index in [9.17, 15) is 19.2 Å². The summed E-state index contributed by atoms with van der Waals surface area (Å²) in [6.07, 6.45) is 3.63. The molecule has 1 N–H and O–H groups in total. The number of carbonyl (C=O) groups excluding carboxylic acids is 4. The molecule has 264 valence electrons. The fraction of sp³-hybridized carbons (Fsp3) is 0.579. The minimum Gasteiger partial charge on any atom is -0.476 e. The first-order chi connectivity index (χ1) is 23.2. The Labute approximate surface area is 289 Å². The van der Waals surface area contributed by atoms with Gasteiger partial charge in [0.05, 0.1) is 17.5 Å². The maximum atomic E-state index is 14.6. The molecule has 2 aliphatic heterocycles. The number of hydrogen-bond acceptors (Lipinski definition) is 7. The lowest BCUT2D eigenvalue weighted by Crippen LogP contribution is -2.54. The van der Waals surface area contributed by atoms with Crippen molar-refractivity contribution in [1.82, 2.24) is 10.2 Å². The lowest BCUT2D eigenvalue weighted by molar-refractivity contribution is -0.133. The van der Waals surface area contributed by atoms with Crippen LogP contribution in [0.2, 0.25) is 0 Å². The van der Waals surface area contributed by atoms with Crippen LogP contribution in [0, 0.1) is 11.8 Å². The van der Waals surface area contributed by atoms with Crippen molar-refractivity contribution in [3.05, 3.63) is 53.6 Å². The van der Waals surface area contributed by atoms with Gasteiger partial charge in [0, 0.05) is 51.1 Å². The number of fused-ring (bicyclic) bond motifs is 2. The number of benzene rings is 2. The van der Waals surface area contributed by atoms with Gasteiger partial charge in [-0.05, 0) is 102 Å². The van der Waals surface area contributed by atoms with Crippen LogP contribution in [0.1, 0.15) is 71.4 Å². The van der Waals surface area contributed by atoms with Gasteiger partial charge < -0.3 is 34.2 Å². The van der Waals surface area contributed by atoms with E-state index < -0.39 is 29.1 Å². The highest BCUT2D eigenvalue weighted by atomic mass is 16.6. The van der Waals surface area contributed by atoms with E-state index in [4.69, 9.17) is 14.2 Å². The van der Waals surface area contributed by atoms with Crippen LogP contribution in [0.5, 0.6) is 5.75 Å². The zero-order chi connectivity index (χ0) is 35.1. The van der Waals surface area contributed by atoms with Crippen LogP contribution in [0.3, 0.4) is 0 Å². The molecular weight excluding hydrogens is 624 g/mol. The Morgan fingerprint density at radius 3 is 2.33 bits per heavy atom. The molecule has 1 saturated carbocycles. The summed E-state index contributed by atoms with van der Waals surface area (Å²) in [7, 11) is 1.63. The number of anilines is 2. The molecular formula is C38H50N4O7. The minimum atomic E-state index is -1.03. The van der Waals surface area contributed by atoms with Crippen LogP contribution >= 0.6 is 0 Å². The lowest BCUT2D eigenvalue weighted by atomic mass is 9.87. The molecule has 6 rings (SSSR count). The van der Waals surface area contributed by atoms with Crippen molar-refractivity contribution >= 4 is 35.2 Å². The van der Waals surface area contributed by atoms with Crippen molar-refractivity contribution < 1.29 is 33.4 Å². The third kappa shape index (κ3) is 7.71. The molecule has 11 heteroatoms. The Hall–Kier alpha value is -4.12. The SMILES string of the molecule is COCCCN1C(=O)C(C)(C)Oc2ccc(N(C(=O)[C@@H]3C[C@H](C(=O)NC4Cc5ccccc5C4)CN(C(=O)OC(C)(C)C)C3)C3CC3)cc21. The number of carbonyl (C=O) groups is 4. The van der Waals surface area contributed by atoms with E-state index in [0.29, 0.717) is 43.1 Å². The molecule has 1 saturated heterocycles. The Morgan fingerprint density at radius 2 is 1.69 bits per heavy atom. The Kier molecular flexibility index (Phi) is 9.68. The molecule has 0 unspecified atom stereocenters. The molecule has 0 bridgehead atoms. The van der Waals surface area contributed by atoms with Gasteiger partial charge >= 0.3 is 6.09 Å². The fourth-order valence-corrected chi connectivity index (χ4v) is 7.27. The highest BCUT2D eigenvalue weighted by Crippen LogP contribution is 2.43. The summed E-state index contributed by atoms with van der Waals surface area (Å²) < 4.78 is 17.1. The van der Waals surface area contributed by atoms with Gasteiger partial charge in [0.15, 0.2) is 5.60 Å². The van der Waals surface area contributed by atoms with Crippen LogP contribution in [0.25, 0.3) is 0 Å². The predicted octanol–water partition coefficient (Wildman–Crippen LogP) is 4.88. The Morgan fingerprint density at radius 1 is 1.02 bits per heavy atom. The zero-order valence-corrected chi connectivity index (χ0v) is 29.6. The maximum Gasteiger partial charge on any atom is 0.410 e. The van der Waals surface area contributed by atoms with Gasteiger partial charge in [-0.3, -0.25) is 14.4 Å². The normalized spacial score (nSPS) is 21.8. The van der Waals surface area contributed by atoms with Crippen molar-refractivity contribution in [1.29, 1.82) is 0 Å². The summed E-state index contributed by atoms with van der Waals surface area (Å²) in [5.41, 5.74) is 1.99. The van der Waals surface area contributed by atoms with E-state index in [-0.39, 0.29) is 42.9 Å². The average Bonchev–Trinajstić information content (AvgIpc) is 3.79. The molecule has 2 heterocycles. The quantitative estimate of drug-likeness (QED) is 0.377. The first-order valence-electron chi connectivity index (χ1n) is 17.6. The van der Waals surface area contributed by atoms with E-state index in [0.717, 1.165) is 25.7 Å². The molecule has 4 aliphatic rings. The van der Waals surface area contributed by atoms with E-state index in [1.807, 2.05) is 35.2 Å². The fourth-order valence-electron chi connectivity index (χ4n) is 7.27. The molecule has 49 heavy (non-hydrogen) atoms. The molecule has 2 fully saturated rings. The average molecular weight is 675 g/mol. The maximum absolute atomic E-state index is 14.6. The van der Waals surface area contributed by atoms with E-state index in [1.165, 1.54) is 16.0 Å². The van der Waals surface area contributed by atoms with Crippen molar-refractivity contribution in [3.63, 3.8) is 0 Å². The predicted molar refractivity (Wildman–Crippen MR) is 186 cm³/mol. The van der Waals surface area contributed by atoms with E-state index in [1.54, 1.807) is 46.6 Å². The zero-order valence-electron chi connectivity index (χ0n) is 29.6. The largest absolute Gasteiger partial charge is 0.476 e. The van der Waals surface area contributed by atoms with Gasteiger partial charge in [0.25, 0.3) is 5.91 Å². The van der Waals surface area contributed by atoms with E-state index >= 15 is 0 Å². The number of amides is 4. The first-order valence-corrected chi connectivity index (χ1v) is 17.6. The van der Waals surface area contributed by atoms with Gasteiger partial charge in [-0.2, -0.15) is 0 Å². The summed E-state index contributed by atoms with van der Waals surface area (Å²) >= 11 is 0. The van der Waals surface area contributed by atoms with Crippen molar-refractivity contribution in [2.45, 2.75) is 96.4 Å². The van der Waals surface area contributed by atoms with Crippen LogP contribution in [-0.2, 0) is 36.7 Å². The van der Waals surface area contributed by atoms with Gasteiger partial charge in [0.1, 0.15) is 11.4 Å². The Bertz CT molecular complexity index is 1570. The highest BCUT2D eigenvalue weighted by molar-refractivity contribution is 6.04. The standard InChI is InChI=1S/C38H50N4O7/c1-37(2,3)49-36(46)40-22-26(33(43)39-28-19-24-10-7-8-11-25(24)20-28)18-27(23-40)34(44)42(29-12-13-29)30-14-15-32-31(21-30)41(16-9-17-47-6)35(45)38(4,5)48-32/h7-8,10-11,14-15,21,26-29H,9,12-13,16-20,22-23H2,1-6H3,(H,39,43)/t26-,27+/m0/s1. The summed E-state index contributed by atoms with van der Waals surface area (Å²) in [6, 6.07) is 13.7. The number of likely N-dealkylation sites (tertiary alicyclic amines) is 1. The highest BCUT2D eigenvalue weighted by Gasteiger charge is 2.45. The Balaban J connectivity index is 1.25. The summed E-state index contributed by atoms with van der Waals surface area (Å²) in [5, 5.41) is 3.23. The van der Waals surface area contributed by atoms with Crippen molar-refractivity contribution in [2.24, 2.45) is 11.8 Å². The molecule has 4 amide bonds. The molecule has 2 aromatic carbocycles. The van der Waals surface area contributed by atoms with Crippen LogP contribution in [-0.4, -0.2) is 85.4 Å². The van der Waals surface area contributed by atoms with Crippen molar-refractivity contribution in [3.8, 4) is 5.75 Å². The minimum absolute atomic E-state index is 0.00897. The number of rotatable bonds is 9. The second-order valence-electron chi connectivity index (χ2n) is 15.4. The van der Waals surface area contributed by atoms with E-state index in [2.05, 4.69) is 17.4 Å². The van der Waals surface area contributed by atoms with Crippen LogP contribution < -0.4 is 19.9 Å². The van der Waals surface area contributed by atoms with Gasteiger partial charge in [-0.25, -0.2) is 4.79 Å².